The van der Waals surface area contributed by atoms with Gasteiger partial charge in [0.1, 0.15) is 10.7 Å². The highest BCUT2D eigenvalue weighted by Gasteiger charge is 2.10. The third-order valence-corrected chi connectivity index (χ3v) is 4.12. The van der Waals surface area contributed by atoms with Crippen LogP contribution >= 0.6 is 11.3 Å². The van der Waals surface area contributed by atoms with Gasteiger partial charge in [0.15, 0.2) is 5.82 Å². The molecule has 0 saturated carbocycles. The van der Waals surface area contributed by atoms with Crippen LogP contribution in [0.25, 0.3) is 32.7 Å². The summed E-state index contributed by atoms with van der Waals surface area (Å²) in [4.78, 5) is 18.5. The summed E-state index contributed by atoms with van der Waals surface area (Å²) < 4.78 is 0. The molecule has 0 spiro atoms. The molecule has 4 aromatic rings. The van der Waals surface area contributed by atoms with Crippen LogP contribution in [0.2, 0.25) is 0 Å². The number of rotatable bonds is 3. The molecule has 1 N–H and O–H groups in total. The van der Waals surface area contributed by atoms with Crippen molar-refractivity contribution in [2.75, 3.05) is 0 Å². The van der Waals surface area contributed by atoms with Crippen molar-refractivity contribution in [1.82, 2.24) is 30.1 Å². The van der Waals surface area contributed by atoms with Crippen LogP contribution in [-0.4, -0.2) is 30.1 Å². The maximum atomic E-state index is 4.63. The van der Waals surface area contributed by atoms with E-state index in [0.717, 1.165) is 26.8 Å². The monoisotopic (exact) mass is 306 g/mol. The number of nitrogens with zero attached hydrogens (tertiary/aromatic N) is 5. The Morgan fingerprint density at radius 1 is 0.909 bits per heavy atom. The number of H-pyrrole nitrogens is 1. The van der Waals surface area contributed by atoms with Crippen molar-refractivity contribution < 1.29 is 0 Å². The zero-order chi connectivity index (χ0) is 14.8. The molecule has 0 saturated heterocycles. The number of nitrogens with one attached hydrogen (secondary N) is 1. The van der Waals surface area contributed by atoms with E-state index >= 15 is 0 Å². The number of pyridine rings is 1. The molecule has 106 valence electrons. The van der Waals surface area contributed by atoms with Crippen molar-refractivity contribution in [2.24, 2.45) is 0 Å². The van der Waals surface area contributed by atoms with Gasteiger partial charge in [-0.1, -0.05) is 6.07 Å². The van der Waals surface area contributed by atoms with Gasteiger partial charge in [-0.3, -0.25) is 5.10 Å². The number of aromatic amines is 1. The lowest BCUT2D eigenvalue weighted by atomic mass is 10.2. The molecule has 0 aliphatic carbocycles. The molecule has 0 bridgehead atoms. The minimum absolute atomic E-state index is 0.615. The molecule has 0 aromatic carbocycles. The fourth-order valence-electron chi connectivity index (χ4n) is 2.02. The minimum atomic E-state index is 0.615. The normalized spacial score (nSPS) is 10.7. The standard InChI is InChI=1S/C15H10N6S/c1-3-11(21-12(4-1)14-16-5-2-6-17-14)13-9-18-15(22-13)10-7-19-20-8-10/h1-9H,(H,19,20). The van der Waals surface area contributed by atoms with Crippen molar-refractivity contribution in [1.29, 1.82) is 0 Å². The smallest absolute Gasteiger partial charge is 0.178 e. The number of thiazole rings is 1. The van der Waals surface area contributed by atoms with Crippen molar-refractivity contribution >= 4 is 11.3 Å². The summed E-state index contributed by atoms with van der Waals surface area (Å²) in [5.74, 6) is 0.615. The first-order valence-electron chi connectivity index (χ1n) is 6.60. The molecular formula is C15H10N6S. The molecule has 0 aliphatic rings. The molecule has 0 unspecified atom stereocenters. The van der Waals surface area contributed by atoms with E-state index in [-0.39, 0.29) is 0 Å². The lowest BCUT2D eigenvalue weighted by Gasteiger charge is -2.01. The Hall–Kier alpha value is -2.93. The Labute approximate surface area is 130 Å². The molecular weight excluding hydrogens is 296 g/mol. The van der Waals surface area contributed by atoms with Crippen LogP contribution in [0.1, 0.15) is 0 Å². The van der Waals surface area contributed by atoms with Gasteiger partial charge in [-0.25, -0.2) is 19.9 Å². The van der Waals surface area contributed by atoms with E-state index in [9.17, 15) is 0 Å². The third-order valence-electron chi connectivity index (χ3n) is 3.05. The predicted molar refractivity (Wildman–Crippen MR) is 84.0 cm³/mol. The second kappa shape index (κ2) is 5.45. The molecule has 4 aromatic heterocycles. The Morgan fingerprint density at radius 2 is 1.77 bits per heavy atom. The zero-order valence-corrected chi connectivity index (χ0v) is 12.2. The lowest BCUT2D eigenvalue weighted by Crippen LogP contribution is -1.91. The lowest BCUT2D eigenvalue weighted by molar-refractivity contribution is 1.09. The van der Waals surface area contributed by atoms with Crippen LogP contribution in [0, 0.1) is 0 Å². The maximum absolute atomic E-state index is 4.63. The molecule has 7 heteroatoms. The second-order valence-electron chi connectivity index (χ2n) is 4.50. The molecule has 0 aliphatic heterocycles. The summed E-state index contributed by atoms with van der Waals surface area (Å²) in [6, 6.07) is 7.59. The summed E-state index contributed by atoms with van der Waals surface area (Å²) in [5, 5.41) is 7.65. The van der Waals surface area contributed by atoms with Gasteiger partial charge in [-0.15, -0.1) is 11.3 Å². The topological polar surface area (TPSA) is 80.2 Å². The van der Waals surface area contributed by atoms with Gasteiger partial charge < -0.3 is 0 Å². The number of aromatic nitrogens is 6. The van der Waals surface area contributed by atoms with Gasteiger partial charge in [0.25, 0.3) is 0 Å². The van der Waals surface area contributed by atoms with Crippen LogP contribution in [0.4, 0.5) is 0 Å². The Balaban J connectivity index is 1.72. The predicted octanol–water partition coefficient (Wildman–Crippen LogP) is 3.05. The van der Waals surface area contributed by atoms with E-state index in [1.807, 2.05) is 30.6 Å². The van der Waals surface area contributed by atoms with Crippen LogP contribution in [0.5, 0.6) is 0 Å². The van der Waals surface area contributed by atoms with Crippen LogP contribution < -0.4 is 0 Å². The highest BCUT2D eigenvalue weighted by molar-refractivity contribution is 7.18. The third kappa shape index (κ3) is 2.38. The van der Waals surface area contributed by atoms with Crippen molar-refractivity contribution in [3.05, 3.63) is 55.2 Å². The molecule has 0 radical (unpaired) electrons. The Kier molecular flexibility index (Phi) is 3.17. The Bertz CT molecular complexity index is 885. The summed E-state index contributed by atoms with van der Waals surface area (Å²) in [6.45, 7) is 0. The molecule has 4 heterocycles. The zero-order valence-electron chi connectivity index (χ0n) is 11.3. The van der Waals surface area contributed by atoms with Crippen LogP contribution in [-0.2, 0) is 0 Å². The first kappa shape index (κ1) is 12.8. The summed E-state index contributed by atoms with van der Waals surface area (Å²) in [6.07, 6.45) is 8.82. The number of hydrogen-bond acceptors (Lipinski definition) is 6. The highest BCUT2D eigenvalue weighted by atomic mass is 32.1. The number of hydrogen-bond donors (Lipinski definition) is 1. The van der Waals surface area contributed by atoms with Gasteiger partial charge >= 0.3 is 0 Å². The molecule has 0 atom stereocenters. The maximum Gasteiger partial charge on any atom is 0.178 e. The van der Waals surface area contributed by atoms with E-state index < -0.39 is 0 Å². The molecule has 4 rings (SSSR count). The van der Waals surface area contributed by atoms with Crippen molar-refractivity contribution in [3.63, 3.8) is 0 Å². The fraction of sp³-hybridized carbons (Fsp3) is 0. The van der Waals surface area contributed by atoms with Gasteiger partial charge in [0.05, 0.1) is 16.8 Å². The van der Waals surface area contributed by atoms with E-state index in [4.69, 9.17) is 0 Å². The fourth-order valence-corrected chi connectivity index (χ4v) is 2.89. The van der Waals surface area contributed by atoms with Crippen LogP contribution in [0.3, 0.4) is 0 Å². The molecule has 22 heavy (non-hydrogen) atoms. The van der Waals surface area contributed by atoms with Gasteiger partial charge in [0.2, 0.25) is 0 Å². The highest BCUT2D eigenvalue weighted by Crippen LogP contribution is 2.31. The average Bonchev–Trinajstić information content (AvgIpc) is 3.27. The molecule has 6 nitrogen and oxygen atoms in total. The second-order valence-corrected chi connectivity index (χ2v) is 5.53. The average molecular weight is 306 g/mol. The van der Waals surface area contributed by atoms with E-state index in [1.165, 1.54) is 0 Å². The largest absolute Gasteiger partial charge is 0.285 e. The minimum Gasteiger partial charge on any atom is -0.285 e. The van der Waals surface area contributed by atoms with Gasteiger partial charge in [0, 0.05) is 30.4 Å². The SMILES string of the molecule is c1cnc(-c2cccc(-c3cnc(-c4cn[nH]c4)s3)n2)nc1. The first-order valence-corrected chi connectivity index (χ1v) is 7.41. The van der Waals surface area contributed by atoms with Crippen molar-refractivity contribution in [3.8, 4) is 32.7 Å². The van der Waals surface area contributed by atoms with E-state index in [2.05, 4.69) is 30.1 Å². The quantitative estimate of drug-likeness (QED) is 0.629. The van der Waals surface area contributed by atoms with Gasteiger partial charge in [-0.05, 0) is 18.2 Å². The first-order chi connectivity index (χ1) is 10.9. The van der Waals surface area contributed by atoms with Crippen LogP contribution in [0.15, 0.2) is 55.2 Å². The van der Waals surface area contributed by atoms with E-state index in [0.29, 0.717) is 5.82 Å². The van der Waals surface area contributed by atoms with E-state index in [1.54, 1.807) is 36.0 Å². The summed E-state index contributed by atoms with van der Waals surface area (Å²) in [7, 11) is 0. The van der Waals surface area contributed by atoms with Gasteiger partial charge in [-0.2, -0.15) is 5.10 Å². The summed E-state index contributed by atoms with van der Waals surface area (Å²) >= 11 is 1.57. The molecule has 0 amide bonds. The Morgan fingerprint density at radius 3 is 2.59 bits per heavy atom. The molecule has 0 fully saturated rings. The van der Waals surface area contributed by atoms with Crippen molar-refractivity contribution in [2.45, 2.75) is 0 Å². The summed E-state index contributed by atoms with van der Waals surface area (Å²) in [5.41, 5.74) is 2.58.